The number of nitrogens with one attached hydrogen (secondary N) is 1. The first-order valence-electron chi connectivity index (χ1n) is 7.61. The van der Waals surface area contributed by atoms with Gasteiger partial charge in [0, 0.05) is 18.0 Å². The minimum absolute atomic E-state index is 0.113. The summed E-state index contributed by atoms with van der Waals surface area (Å²) in [6.45, 7) is 10.3. The Kier molecular flexibility index (Phi) is 6.76. The van der Waals surface area contributed by atoms with Crippen molar-refractivity contribution in [2.45, 2.75) is 72.8 Å². The van der Waals surface area contributed by atoms with Gasteiger partial charge in [-0.05, 0) is 39.5 Å². The molecule has 0 aliphatic heterocycles. The van der Waals surface area contributed by atoms with Crippen LogP contribution in [-0.2, 0) is 11.2 Å². The van der Waals surface area contributed by atoms with Gasteiger partial charge in [0.25, 0.3) is 0 Å². The van der Waals surface area contributed by atoms with E-state index in [-0.39, 0.29) is 11.9 Å². The molecule has 1 aromatic rings. The van der Waals surface area contributed by atoms with Crippen LogP contribution >= 0.6 is 0 Å². The second kappa shape index (κ2) is 8.08. The molecule has 1 amide bonds. The Hall–Kier alpha value is -1.32. The summed E-state index contributed by atoms with van der Waals surface area (Å²) < 4.78 is 5.10. The maximum atomic E-state index is 11.9. The Balaban J connectivity index is 2.26. The standard InChI is InChI=1S/C16H28N2O2/c1-11(2)7-6-8-12(3)17-16(19)10-9-15-13(4)18-20-14(15)5/h11-12H,6-10H2,1-5H3,(H,17,19). The molecule has 0 fully saturated rings. The number of amides is 1. The highest BCUT2D eigenvalue weighted by Gasteiger charge is 2.12. The van der Waals surface area contributed by atoms with Gasteiger partial charge in [0.05, 0.1) is 5.69 Å². The molecule has 0 saturated heterocycles. The molecule has 1 unspecified atom stereocenters. The molecule has 1 N–H and O–H groups in total. The highest BCUT2D eigenvalue weighted by Crippen LogP contribution is 2.14. The lowest BCUT2D eigenvalue weighted by Crippen LogP contribution is -2.32. The second-order valence-corrected chi connectivity index (χ2v) is 6.10. The SMILES string of the molecule is Cc1noc(C)c1CCC(=O)NC(C)CCCC(C)C. The zero-order valence-electron chi connectivity index (χ0n) is 13.5. The van der Waals surface area contributed by atoms with Crippen molar-refractivity contribution in [3.8, 4) is 0 Å². The van der Waals surface area contributed by atoms with E-state index in [1.54, 1.807) is 0 Å². The first-order chi connectivity index (χ1) is 9.40. The Bertz CT molecular complexity index is 405. The van der Waals surface area contributed by atoms with E-state index < -0.39 is 0 Å². The van der Waals surface area contributed by atoms with Crippen LogP contribution < -0.4 is 5.32 Å². The van der Waals surface area contributed by atoms with Crippen LogP contribution in [0, 0.1) is 19.8 Å². The minimum atomic E-state index is 0.113. The molecule has 0 radical (unpaired) electrons. The fraction of sp³-hybridized carbons (Fsp3) is 0.750. The summed E-state index contributed by atoms with van der Waals surface area (Å²) in [6, 6.07) is 0.255. The molecule has 1 aromatic heterocycles. The molecule has 0 saturated carbocycles. The van der Waals surface area contributed by atoms with Crippen molar-refractivity contribution < 1.29 is 9.32 Å². The van der Waals surface area contributed by atoms with Crippen LogP contribution in [0.5, 0.6) is 0 Å². The molecule has 20 heavy (non-hydrogen) atoms. The minimum Gasteiger partial charge on any atom is -0.361 e. The molecule has 0 bridgehead atoms. The molecule has 4 heteroatoms. The van der Waals surface area contributed by atoms with Crippen molar-refractivity contribution in [1.82, 2.24) is 10.5 Å². The van der Waals surface area contributed by atoms with Crippen LogP contribution in [0.1, 0.15) is 63.5 Å². The number of aromatic nitrogens is 1. The van der Waals surface area contributed by atoms with Crippen molar-refractivity contribution in [3.05, 3.63) is 17.0 Å². The molecule has 0 spiro atoms. The number of hydrogen-bond donors (Lipinski definition) is 1. The molecule has 0 aliphatic rings. The highest BCUT2D eigenvalue weighted by molar-refractivity contribution is 5.76. The lowest BCUT2D eigenvalue weighted by molar-refractivity contribution is -0.121. The van der Waals surface area contributed by atoms with E-state index in [1.165, 1.54) is 12.8 Å². The number of aryl methyl sites for hydroxylation is 2. The molecular formula is C16H28N2O2. The maximum absolute atomic E-state index is 11.9. The first kappa shape index (κ1) is 16.7. The fourth-order valence-electron chi connectivity index (χ4n) is 2.35. The van der Waals surface area contributed by atoms with Crippen LogP contribution in [0.15, 0.2) is 4.52 Å². The molecule has 1 heterocycles. The van der Waals surface area contributed by atoms with Crippen LogP contribution in [0.4, 0.5) is 0 Å². The third kappa shape index (κ3) is 5.76. The van der Waals surface area contributed by atoms with E-state index in [9.17, 15) is 4.79 Å². The zero-order chi connectivity index (χ0) is 15.1. The number of carbonyl (C=O) groups excluding carboxylic acids is 1. The third-order valence-electron chi connectivity index (χ3n) is 3.61. The van der Waals surface area contributed by atoms with Crippen LogP contribution in [-0.4, -0.2) is 17.1 Å². The summed E-state index contributed by atoms with van der Waals surface area (Å²) >= 11 is 0. The highest BCUT2D eigenvalue weighted by atomic mass is 16.5. The quantitative estimate of drug-likeness (QED) is 0.792. The molecule has 0 aromatic carbocycles. The number of rotatable bonds is 8. The molecular weight excluding hydrogens is 252 g/mol. The van der Waals surface area contributed by atoms with E-state index >= 15 is 0 Å². The van der Waals surface area contributed by atoms with Gasteiger partial charge in [-0.25, -0.2) is 0 Å². The van der Waals surface area contributed by atoms with Gasteiger partial charge in [-0.2, -0.15) is 0 Å². The van der Waals surface area contributed by atoms with Gasteiger partial charge in [0.2, 0.25) is 5.91 Å². The largest absolute Gasteiger partial charge is 0.361 e. The Morgan fingerprint density at radius 3 is 2.50 bits per heavy atom. The maximum Gasteiger partial charge on any atom is 0.220 e. The monoisotopic (exact) mass is 280 g/mol. The summed E-state index contributed by atoms with van der Waals surface area (Å²) in [5.74, 6) is 1.67. The number of nitrogens with zero attached hydrogens (tertiary/aromatic N) is 1. The van der Waals surface area contributed by atoms with Gasteiger partial charge in [0.1, 0.15) is 5.76 Å². The fourth-order valence-corrected chi connectivity index (χ4v) is 2.35. The van der Waals surface area contributed by atoms with Crippen molar-refractivity contribution in [2.24, 2.45) is 5.92 Å². The summed E-state index contributed by atoms with van der Waals surface area (Å²) in [6.07, 6.45) is 4.64. The average Bonchev–Trinajstić information content (AvgIpc) is 2.66. The predicted molar refractivity (Wildman–Crippen MR) is 80.6 cm³/mol. The van der Waals surface area contributed by atoms with Crippen LogP contribution in [0.3, 0.4) is 0 Å². The smallest absolute Gasteiger partial charge is 0.220 e. The average molecular weight is 280 g/mol. The van der Waals surface area contributed by atoms with E-state index in [2.05, 4.69) is 31.2 Å². The van der Waals surface area contributed by atoms with Gasteiger partial charge >= 0.3 is 0 Å². The van der Waals surface area contributed by atoms with Gasteiger partial charge in [0.15, 0.2) is 0 Å². The molecule has 1 atom stereocenters. The van der Waals surface area contributed by atoms with Crippen molar-refractivity contribution >= 4 is 5.91 Å². The summed E-state index contributed by atoms with van der Waals surface area (Å²) in [5.41, 5.74) is 1.95. The number of carbonyl (C=O) groups is 1. The first-order valence-corrected chi connectivity index (χ1v) is 7.61. The Labute approximate surface area is 122 Å². The van der Waals surface area contributed by atoms with E-state index in [1.807, 2.05) is 13.8 Å². The van der Waals surface area contributed by atoms with E-state index in [0.29, 0.717) is 12.8 Å². The van der Waals surface area contributed by atoms with Crippen molar-refractivity contribution in [1.29, 1.82) is 0 Å². The molecule has 1 rings (SSSR count). The lowest BCUT2D eigenvalue weighted by atomic mass is 10.0. The van der Waals surface area contributed by atoms with Gasteiger partial charge in [-0.3, -0.25) is 4.79 Å². The predicted octanol–water partition coefficient (Wildman–Crippen LogP) is 3.56. The molecule has 0 aliphatic carbocycles. The number of hydrogen-bond acceptors (Lipinski definition) is 3. The Morgan fingerprint density at radius 2 is 1.95 bits per heavy atom. The van der Waals surface area contributed by atoms with E-state index in [4.69, 9.17) is 4.52 Å². The summed E-state index contributed by atoms with van der Waals surface area (Å²) in [4.78, 5) is 11.9. The summed E-state index contributed by atoms with van der Waals surface area (Å²) in [5, 5.41) is 6.97. The van der Waals surface area contributed by atoms with E-state index in [0.717, 1.165) is 29.4 Å². The molecule has 4 nitrogen and oxygen atoms in total. The van der Waals surface area contributed by atoms with Gasteiger partial charge < -0.3 is 9.84 Å². The topological polar surface area (TPSA) is 55.1 Å². The van der Waals surface area contributed by atoms with Gasteiger partial charge in [-0.1, -0.05) is 31.8 Å². The Morgan fingerprint density at radius 1 is 1.25 bits per heavy atom. The van der Waals surface area contributed by atoms with Crippen molar-refractivity contribution in [3.63, 3.8) is 0 Å². The normalized spacial score (nSPS) is 12.7. The van der Waals surface area contributed by atoms with Gasteiger partial charge in [-0.15, -0.1) is 0 Å². The van der Waals surface area contributed by atoms with Crippen LogP contribution in [0.2, 0.25) is 0 Å². The lowest BCUT2D eigenvalue weighted by Gasteiger charge is -2.14. The zero-order valence-corrected chi connectivity index (χ0v) is 13.5. The summed E-state index contributed by atoms with van der Waals surface area (Å²) in [7, 11) is 0. The third-order valence-corrected chi connectivity index (χ3v) is 3.61. The second-order valence-electron chi connectivity index (χ2n) is 6.10. The van der Waals surface area contributed by atoms with Crippen molar-refractivity contribution in [2.75, 3.05) is 0 Å². The van der Waals surface area contributed by atoms with Crippen LogP contribution in [0.25, 0.3) is 0 Å². The molecule has 114 valence electrons.